The van der Waals surface area contributed by atoms with Crippen LogP contribution in [0.25, 0.3) is 11.3 Å². The predicted octanol–water partition coefficient (Wildman–Crippen LogP) is 3.62. The third-order valence-electron chi connectivity index (χ3n) is 6.57. The topological polar surface area (TPSA) is 85.1 Å². The van der Waals surface area contributed by atoms with Gasteiger partial charge in [0.25, 0.3) is 5.91 Å². The lowest BCUT2D eigenvalue weighted by molar-refractivity contribution is -0.132. The lowest BCUT2D eigenvalue weighted by Crippen LogP contribution is -2.42. The first kappa shape index (κ1) is 23.3. The number of amides is 2. The van der Waals surface area contributed by atoms with Crippen LogP contribution >= 0.6 is 0 Å². The molecule has 3 heterocycles. The first-order chi connectivity index (χ1) is 16.0. The predicted molar refractivity (Wildman–Crippen MR) is 123 cm³/mol. The summed E-state index contributed by atoms with van der Waals surface area (Å²) in [6.07, 6.45) is 4.28. The van der Waals surface area contributed by atoms with Gasteiger partial charge in [-0.3, -0.25) is 9.59 Å². The van der Waals surface area contributed by atoms with Gasteiger partial charge in [0.05, 0.1) is 13.2 Å². The van der Waals surface area contributed by atoms with Crippen molar-refractivity contribution in [2.45, 2.75) is 45.1 Å². The molecule has 4 rings (SSSR count). The third kappa shape index (κ3) is 5.93. The molecule has 1 aromatic carbocycles. The number of nitrogens with zero attached hydrogens (tertiary/aromatic N) is 3. The molecule has 8 nitrogen and oxygen atoms in total. The summed E-state index contributed by atoms with van der Waals surface area (Å²) in [5, 5.41) is 4.02. The van der Waals surface area contributed by atoms with Crippen LogP contribution in [-0.2, 0) is 9.53 Å². The zero-order chi connectivity index (χ0) is 23.2. The molecule has 1 aromatic heterocycles. The number of carbonyl (C=O) groups excluding carboxylic acids is 2. The molecule has 2 aliphatic heterocycles. The highest BCUT2D eigenvalue weighted by atomic mass is 16.5. The van der Waals surface area contributed by atoms with Gasteiger partial charge >= 0.3 is 0 Å². The molecule has 0 saturated carbocycles. The fourth-order valence-corrected chi connectivity index (χ4v) is 4.39. The Morgan fingerprint density at radius 2 is 1.94 bits per heavy atom. The van der Waals surface area contributed by atoms with Crippen molar-refractivity contribution in [1.29, 1.82) is 0 Å². The SMILES string of the molecule is COc1ccc(-c2cc(C(=O)N(CCC(=O)N3CCC(C)CC3)C[C@H]3CCCO3)no2)cc1. The van der Waals surface area contributed by atoms with Crippen molar-refractivity contribution in [2.24, 2.45) is 5.92 Å². The molecule has 2 fully saturated rings. The molecule has 0 aliphatic carbocycles. The number of methoxy groups -OCH3 is 1. The van der Waals surface area contributed by atoms with Gasteiger partial charge in [-0.05, 0) is 55.9 Å². The maximum absolute atomic E-state index is 13.3. The molecule has 0 spiro atoms. The number of ether oxygens (including phenoxy) is 2. The van der Waals surface area contributed by atoms with E-state index in [1.807, 2.05) is 29.2 Å². The van der Waals surface area contributed by atoms with Gasteiger partial charge in [-0.1, -0.05) is 12.1 Å². The Morgan fingerprint density at radius 3 is 2.61 bits per heavy atom. The molecule has 0 bridgehead atoms. The Bertz CT molecular complexity index is 928. The average molecular weight is 456 g/mol. The maximum atomic E-state index is 13.3. The zero-order valence-electron chi connectivity index (χ0n) is 19.5. The number of rotatable bonds is 8. The Kier molecular flexibility index (Phi) is 7.65. The highest BCUT2D eigenvalue weighted by Crippen LogP contribution is 2.24. The van der Waals surface area contributed by atoms with E-state index in [4.69, 9.17) is 14.0 Å². The van der Waals surface area contributed by atoms with Crippen LogP contribution in [0, 0.1) is 5.92 Å². The number of aromatic nitrogens is 1. The van der Waals surface area contributed by atoms with Crippen molar-refractivity contribution >= 4 is 11.8 Å². The van der Waals surface area contributed by atoms with E-state index in [2.05, 4.69) is 12.1 Å². The van der Waals surface area contributed by atoms with Gasteiger partial charge in [-0.25, -0.2) is 0 Å². The van der Waals surface area contributed by atoms with Crippen molar-refractivity contribution in [1.82, 2.24) is 15.0 Å². The van der Waals surface area contributed by atoms with E-state index in [0.717, 1.165) is 50.1 Å². The Balaban J connectivity index is 1.42. The third-order valence-corrected chi connectivity index (χ3v) is 6.57. The molecule has 2 aliphatic rings. The number of likely N-dealkylation sites (tertiary alicyclic amines) is 1. The lowest BCUT2D eigenvalue weighted by Gasteiger charge is -2.31. The standard InChI is InChI=1S/C25H33N3O5/c1-18-9-12-27(13-10-18)24(29)11-14-28(17-21-4-3-15-32-21)25(30)22-16-23(33-26-22)19-5-7-20(31-2)8-6-19/h5-8,16,18,21H,3-4,9-15,17H2,1-2H3/t21-/m1/s1. The molecule has 0 N–H and O–H groups in total. The van der Waals surface area contributed by atoms with E-state index in [1.165, 1.54) is 0 Å². The van der Waals surface area contributed by atoms with Crippen LogP contribution < -0.4 is 4.74 Å². The first-order valence-corrected chi connectivity index (χ1v) is 11.8. The number of piperidine rings is 1. The van der Waals surface area contributed by atoms with Crippen molar-refractivity contribution in [3.8, 4) is 17.1 Å². The Labute approximate surface area is 194 Å². The monoisotopic (exact) mass is 455 g/mol. The van der Waals surface area contributed by atoms with Gasteiger partial charge in [-0.15, -0.1) is 0 Å². The molecule has 2 amide bonds. The second-order valence-corrected chi connectivity index (χ2v) is 9.00. The summed E-state index contributed by atoms with van der Waals surface area (Å²) in [4.78, 5) is 29.7. The van der Waals surface area contributed by atoms with E-state index in [1.54, 1.807) is 18.1 Å². The second kappa shape index (κ2) is 10.8. The highest BCUT2D eigenvalue weighted by Gasteiger charge is 2.27. The van der Waals surface area contributed by atoms with Crippen LogP contribution in [0.2, 0.25) is 0 Å². The summed E-state index contributed by atoms with van der Waals surface area (Å²) in [5.74, 6) is 1.78. The summed E-state index contributed by atoms with van der Waals surface area (Å²) in [7, 11) is 1.61. The van der Waals surface area contributed by atoms with Gasteiger partial charge in [0, 0.05) is 50.8 Å². The normalized spacial score (nSPS) is 19.0. The number of hydrogen-bond donors (Lipinski definition) is 0. The summed E-state index contributed by atoms with van der Waals surface area (Å²) >= 11 is 0. The van der Waals surface area contributed by atoms with Crippen LogP contribution in [0.3, 0.4) is 0 Å². The highest BCUT2D eigenvalue weighted by molar-refractivity contribution is 5.93. The summed E-state index contributed by atoms with van der Waals surface area (Å²) in [6.45, 7) is 5.33. The van der Waals surface area contributed by atoms with Crippen molar-refractivity contribution in [3.05, 3.63) is 36.0 Å². The van der Waals surface area contributed by atoms with Crippen LogP contribution in [0.4, 0.5) is 0 Å². The summed E-state index contributed by atoms with van der Waals surface area (Å²) in [6, 6.07) is 9.03. The fraction of sp³-hybridized carbons (Fsp3) is 0.560. The average Bonchev–Trinajstić information content (AvgIpc) is 3.54. The molecular weight excluding hydrogens is 422 g/mol. The first-order valence-electron chi connectivity index (χ1n) is 11.8. The summed E-state index contributed by atoms with van der Waals surface area (Å²) < 4.78 is 16.4. The minimum atomic E-state index is -0.242. The molecule has 2 aromatic rings. The molecule has 178 valence electrons. The quantitative estimate of drug-likeness (QED) is 0.604. The van der Waals surface area contributed by atoms with Crippen LogP contribution in [0.15, 0.2) is 34.9 Å². The van der Waals surface area contributed by atoms with Gasteiger partial charge in [0.1, 0.15) is 5.75 Å². The van der Waals surface area contributed by atoms with E-state index < -0.39 is 0 Å². The molecule has 2 saturated heterocycles. The molecule has 1 atom stereocenters. The van der Waals surface area contributed by atoms with Gasteiger partial charge in [-0.2, -0.15) is 0 Å². The van der Waals surface area contributed by atoms with Gasteiger partial charge < -0.3 is 23.8 Å². The van der Waals surface area contributed by atoms with E-state index >= 15 is 0 Å². The molecular formula is C25H33N3O5. The molecule has 33 heavy (non-hydrogen) atoms. The van der Waals surface area contributed by atoms with Crippen LogP contribution in [0.5, 0.6) is 5.75 Å². The Hall–Kier alpha value is -2.87. The number of carbonyl (C=O) groups is 2. The van der Waals surface area contributed by atoms with Gasteiger partial charge in [0.15, 0.2) is 11.5 Å². The lowest BCUT2D eigenvalue weighted by atomic mass is 9.99. The van der Waals surface area contributed by atoms with E-state index in [-0.39, 0.29) is 23.6 Å². The maximum Gasteiger partial charge on any atom is 0.276 e. The Morgan fingerprint density at radius 1 is 1.18 bits per heavy atom. The van der Waals surface area contributed by atoms with E-state index in [0.29, 0.717) is 37.8 Å². The van der Waals surface area contributed by atoms with Gasteiger partial charge in [0.2, 0.25) is 5.91 Å². The minimum Gasteiger partial charge on any atom is -0.497 e. The zero-order valence-corrected chi connectivity index (χ0v) is 19.5. The summed E-state index contributed by atoms with van der Waals surface area (Å²) in [5.41, 5.74) is 1.04. The smallest absolute Gasteiger partial charge is 0.276 e. The second-order valence-electron chi connectivity index (χ2n) is 9.00. The number of benzene rings is 1. The van der Waals surface area contributed by atoms with Crippen molar-refractivity contribution < 1.29 is 23.6 Å². The fourth-order valence-electron chi connectivity index (χ4n) is 4.39. The molecule has 8 heteroatoms. The van der Waals surface area contributed by atoms with E-state index in [9.17, 15) is 9.59 Å². The minimum absolute atomic E-state index is 0.00662. The van der Waals surface area contributed by atoms with Crippen LogP contribution in [0.1, 0.15) is 49.5 Å². The number of hydrogen-bond acceptors (Lipinski definition) is 6. The van der Waals surface area contributed by atoms with Crippen molar-refractivity contribution in [2.75, 3.05) is 39.9 Å². The van der Waals surface area contributed by atoms with Crippen molar-refractivity contribution in [3.63, 3.8) is 0 Å². The molecule has 0 unspecified atom stereocenters. The molecule has 0 radical (unpaired) electrons. The largest absolute Gasteiger partial charge is 0.497 e. The van der Waals surface area contributed by atoms with Crippen LogP contribution in [-0.4, -0.2) is 72.8 Å².